The lowest BCUT2D eigenvalue weighted by atomic mass is 9.95. The molecule has 3 nitrogen and oxygen atoms in total. The first-order chi connectivity index (χ1) is 8.89. The lowest BCUT2D eigenvalue weighted by molar-refractivity contribution is 0.116. The molecule has 2 rings (SSSR count). The van der Waals surface area contributed by atoms with Crippen LogP contribution in [0.4, 0.5) is 0 Å². The SMILES string of the molecule is COc1cc(Cl)c(CC(C)(C)N)cc1OC1CCC1. The number of hydrogen-bond donors (Lipinski definition) is 1. The highest BCUT2D eigenvalue weighted by molar-refractivity contribution is 6.31. The van der Waals surface area contributed by atoms with Crippen molar-refractivity contribution >= 4 is 11.6 Å². The molecule has 19 heavy (non-hydrogen) atoms. The van der Waals surface area contributed by atoms with Crippen LogP contribution in [-0.4, -0.2) is 18.8 Å². The molecule has 0 saturated heterocycles. The molecule has 0 aromatic heterocycles. The van der Waals surface area contributed by atoms with Crippen molar-refractivity contribution in [3.05, 3.63) is 22.7 Å². The maximum Gasteiger partial charge on any atom is 0.162 e. The first-order valence-corrected chi connectivity index (χ1v) is 7.09. The smallest absolute Gasteiger partial charge is 0.162 e. The van der Waals surface area contributed by atoms with Crippen LogP contribution < -0.4 is 15.2 Å². The van der Waals surface area contributed by atoms with E-state index < -0.39 is 0 Å². The summed E-state index contributed by atoms with van der Waals surface area (Å²) in [6.07, 6.45) is 4.49. The maximum atomic E-state index is 6.28. The summed E-state index contributed by atoms with van der Waals surface area (Å²) in [5.74, 6) is 1.46. The molecular formula is C15H22ClNO2. The van der Waals surface area contributed by atoms with Crippen molar-refractivity contribution in [2.75, 3.05) is 7.11 Å². The van der Waals surface area contributed by atoms with Crippen LogP contribution in [0.15, 0.2) is 12.1 Å². The average molecular weight is 284 g/mol. The monoisotopic (exact) mass is 283 g/mol. The van der Waals surface area contributed by atoms with Gasteiger partial charge in [-0.1, -0.05) is 11.6 Å². The lowest BCUT2D eigenvalue weighted by Crippen LogP contribution is -2.34. The van der Waals surface area contributed by atoms with E-state index in [0.29, 0.717) is 23.3 Å². The Morgan fingerprint density at radius 2 is 2.00 bits per heavy atom. The van der Waals surface area contributed by atoms with Gasteiger partial charge >= 0.3 is 0 Å². The summed E-state index contributed by atoms with van der Waals surface area (Å²) in [4.78, 5) is 0. The Labute approximate surface area is 120 Å². The molecular weight excluding hydrogens is 262 g/mol. The Balaban J connectivity index is 2.25. The molecule has 106 valence electrons. The molecule has 0 bridgehead atoms. The standard InChI is InChI=1S/C15H22ClNO2/c1-15(2,17)9-10-7-14(19-11-5-4-6-11)13(18-3)8-12(10)16/h7-8,11H,4-6,9,17H2,1-3H3. The van der Waals surface area contributed by atoms with Gasteiger partial charge in [0.2, 0.25) is 0 Å². The first kappa shape index (κ1) is 14.5. The fourth-order valence-corrected chi connectivity index (χ4v) is 2.34. The van der Waals surface area contributed by atoms with Gasteiger partial charge in [-0.15, -0.1) is 0 Å². The minimum Gasteiger partial charge on any atom is -0.493 e. The van der Waals surface area contributed by atoms with Gasteiger partial charge in [-0.05, 0) is 51.2 Å². The summed E-state index contributed by atoms with van der Waals surface area (Å²) in [6, 6.07) is 3.78. The van der Waals surface area contributed by atoms with Crippen LogP contribution in [-0.2, 0) is 6.42 Å². The topological polar surface area (TPSA) is 44.5 Å². The predicted octanol–water partition coefficient (Wildman–Crippen LogP) is 3.56. The van der Waals surface area contributed by atoms with Crippen LogP contribution in [0.5, 0.6) is 11.5 Å². The van der Waals surface area contributed by atoms with E-state index in [4.69, 9.17) is 26.8 Å². The molecule has 0 atom stereocenters. The Morgan fingerprint density at radius 1 is 1.32 bits per heavy atom. The second kappa shape index (κ2) is 5.59. The van der Waals surface area contributed by atoms with Gasteiger partial charge in [-0.2, -0.15) is 0 Å². The largest absolute Gasteiger partial charge is 0.493 e. The third-order valence-electron chi connectivity index (χ3n) is 3.32. The molecule has 1 saturated carbocycles. The van der Waals surface area contributed by atoms with Gasteiger partial charge in [0.1, 0.15) is 0 Å². The van der Waals surface area contributed by atoms with Crippen molar-refractivity contribution in [3.63, 3.8) is 0 Å². The Bertz CT molecular complexity index is 450. The summed E-state index contributed by atoms with van der Waals surface area (Å²) in [5, 5.41) is 0.677. The summed E-state index contributed by atoms with van der Waals surface area (Å²) in [5.41, 5.74) is 6.77. The van der Waals surface area contributed by atoms with Gasteiger partial charge in [0, 0.05) is 16.6 Å². The Kier molecular flexibility index (Phi) is 4.26. The van der Waals surface area contributed by atoms with Gasteiger partial charge in [0.05, 0.1) is 13.2 Å². The molecule has 1 aromatic rings. The highest BCUT2D eigenvalue weighted by Gasteiger charge is 2.22. The van der Waals surface area contributed by atoms with E-state index in [0.717, 1.165) is 24.2 Å². The van der Waals surface area contributed by atoms with Gasteiger partial charge in [-0.3, -0.25) is 0 Å². The van der Waals surface area contributed by atoms with E-state index in [2.05, 4.69) is 0 Å². The van der Waals surface area contributed by atoms with Crippen molar-refractivity contribution < 1.29 is 9.47 Å². The van der Waals surface area contributed by atoms with Crippen LogP contribution in [0.2, 0.25) is 5.02 Å². The molecule has 0 radical (unpaired) electrons. The van der Waals surface area contributed by atoms with Crippen LogP contribution in [0.3, 0.4) is 0 Å². The second-order valence-corrected chi connectivity index (χ2v) is 6.34. The van der Waals surface area contributed by atoms with Crippen molar-refractivity contribution in [2.24, 2.45) is 5.73 Å². The van der Waals surface area contributed by atoms with Crippen LogP contribution in [0, 0.1) is 0 Å². The predicted molar refractivity (Wildman–Crippen MR) is 78.2 cm³/mol. The van der Waals surface area contributed by atoms with Crippen molar-refractivity contribution in [1.29, 1.82) is 0 Å². The molecule has 1 aromatic carbocycles. The highest BCUT2D eigenvalue weighted by atomic mass is 35.5. The van der Waals surface area contributed by atoms with Crippen LogP contribution >= 0.6 is 11.6 Å². The Morgan fingerprint density at radius 3 is 2.47 bits per heavy atom. The molecule has 1 aliphatic rings. The molecule has 0 heterocycles. The van der Waals surface area contributed by atoms with Gasteiger partial charge in [-0.25, -0.2) is 0 Å². The molecule has 1 aliphatic carbocycles. The van der Waals surface area contributed by atoms with E-state index in [1.807, 2.05) is 26.0 Å². The van der Waals surface area contributed by atoms with Gasteiger partial charge in [0.15, 0.2) is 11.5 Å². The average Bonchev–Trinajstić information content (AvgIpc) is 2.25. The van der Waals surface area contributed by atoms with E-state index in [9.17, 15) is 0 Å². The zero-order valence-corrected chi connectivity index (χ0v) is 12.6. The minimum atomic E-state index is -0.300. The van der Waals surface area contributed by atoms with Crippen LogP contribution in [0.1, 0.15) is 38.7 Å². The van der Waals surface area contributed by atoms with Gasteiger partial charge < -0.3 is 15.2 Å². The van der Waals surface area contributed by atoms with Gasteiger partial charge in [0.25, 0.3) is 0 Å². The molecule has 0 unspecified atom stereocenters. The van der Waals surface area contributed by atoms with Crippen LogP contribution in [0.25, 0.3) is 0 Å². The fourth-order valence-electron chi connectivity index (χ4n) is 2.12. The zero-order valence-electron chi connectivity index (χ0n) is 11.8. The number of ether oxygens (including phenoxy) is 2. The van der Waals surface area contributed by atoms with Crippen molar-refractivity contribution in [3.8, 4) is 11.5 Å². The summed E-state index contributed by atoms with van der Waals surface area (Å²) in [6.45, 7) is 3.97. The number of benzene rings is 1. The number of methoxy groups -OCH3 is 1. The lowest BCUT2D eigenvalue weighted by Gasteiger charge is -2.28. The molecule has 0 spiro atoms. The second-order valence-electron chi connectivity index (χ2n) is 5.93. The molecule has 0 aliphatic heterocycles. The van der Waals surface area contributed by atoms with E-state index in [-0.39, 0.29) is 5.54 Å². The summed E-state index contributed by atoms with van der Waals surface area (Å²) in [7, 11) is 1.63. The summed E-state index contributed by atoms with van der Waals surface area (Å²) >= 11 is 6.28. The van der Waals surface area contributed by atoms with E-state index >= 15 is 0 Å². The maximum absolute atomic E-state index is 6.28. The van der Waals surface area contributed by atoms with E-state index in [1.54, 1.807) is 7.11 Å². The summed E-state index contributed by atoms with van der Waals surface area (Å²) < 4.78 is 11.3. The number of nitrogens with two attached hydrogens (primary N) is 1. The molecule has 2 N–H and O–H groups in total. The number of halogens is 1. The quantitative estimate of drug-likeness (QED) is 0.899. The third-order valence-corrected chi connectivity index (χ3v) is 3.68. The van der Waals surface area contributed by atoms with Crippen molar-refractivity contribution in [1.82, 2.24) is 0 Å². The fraction of sp³-hybridized carbons (Fsp3) is 0.600. The highest BCUT2D eigenvalue weighted by Crippen LogP contribution is 2.37. The zero-order chi connectivity index (χ0) is 14.0. The number of rotatable bonds is 5. The van der Waals surface area contributed by atoms with E-state index in [1.165, 1.54) is 6.42 Å². The Hall–Kier alpha value is -0.930. The first-order valence-electron chi connectivity index (χ1n) is 6.71. The normalized spacial score (nSPS) is 16.1. The third kappa shape index (κ3) is 3.77. The van der Waals surface area contributed by atoms with Crippen molar-refractivity contribution in [2.45, 2.75) is 51.2 Å². The minimum absolute atomic E-state index is 0.300. The molecule has 0 amide bonds. The molecule has 1 fully saturated rings. The molecule has 4 heteroatoms. The number of hydrogen-bond acceptors (Lipinski definition) is 3.